The van der Waals surface area contributed by atoms with E-state index in [9.17, 15) is 22.7 Å². The minimum atomic E-state index is -4.09. The van der Waals surface area contributed by atoms with Crippen LogP contribution in [-0.4, -0.2) is 24.6 Å². The van der Waals surface area contributed by atoms with E-state index in [4.69, 9.17) is 28.3 Å². The fourth-order valence-electron chi connectivity index (χ4n) is 2.15. The zero-order valence-corrected chi connectivity index (χ0v) is 14.3. The van der Waals surface area contributed by atoms with Crippen molar-refractivity contribution in [2.24, 2.45) is 0 Å². The molecule has 0 aliphatic carbocycles. The lowest BCUT2D eigenvalue weighted by molar-refractivity contribution is -0.136. The van der Waals surface area contributed by atoms with Crippen LogP contribution in [-0.2, 0) is 26.8 Å². The normalized spacial score (nSPS) is 11.5. The molecule has 128 valence electrons. The highest BCUT2D eigenvalue weighted by molar-refractivity contribution is 7.90. The van der Waals surface area contributed by atoms with Crippen LogP contribution in [0, 0.1) is 5.82 Å². The molecule has 0 aliphatic rings. The van der Waals surface area contributed by atoms with Crippen molar-refractivity contribution < 1.29 is 27.8 Å². The van der Waals surface area contributed by atoms with E-state index in [0.29, 0.717) is 0 Å². The van der Waals surface area contributed by atoms with Crippen molar-refractivity contribution in [3.8, 4) is 5.75 Å². The average molecular weight is 393 g/mol. The number of aromatic hydroxyl groups is 1. The summed E-state index contributed by atoms with van der Waals surface area (Å²) in [5.74, 6) is -2.86. The maximum Gasteiger partial charge on any atom is 0.307 e. The molecule has 24 heavy (non-hydrogen) atoms. The van der Waals surface area contributed by atoms with Gasteiger partial charge in [-0.3, -0.25) is 4.79 Å². The minimum absolute atomic E-state index is 0.184. The van der Waals surface area contributed by atoms with Gasteiger partial charge in [0.2, 0.25) is 0 Å². The number of rotatable bonds is 5. The van der Waals surface area contributed by atoms with Gasteiger partial charge in [0.05, 0.1) is 22.1 Å². The van der Waals surface area contributed by atoms with Gasteiger partial charge in [-0.1, -0.05) is 35.3 Å². The molecule has 0 amide bonds. The van der Waals surface area contributed by atoms with Crippen molar-refractivity contribution in [2.75, 3.05) is 0 Å². The molecule has 2 rings (SSSR count). The lowest BCUT2D eigenvalue weighted by Gasteiger charge is -2.14. The predicted octanol–water partition coefficient (Wildman–Crippen LogP) is 3.44. The van der Waals surface area contributed by atoms with Gasteiger partial charge in [0, 0.05) is 0 Å². The van der Waals surface area contributed by atoms with Crippen LogP contribution in [0.1, 0.15) is 11.1 Å². The zero-order valence-electron chi connectivity index (χ0n) is 12.0. The largest absolute Gasteiger partial charge is 0.506 e. The molecule has 0 aliphatic heterocycles. The van der Waals surface area contributed by atoms with Crippen LogP contribution in [0.3, 0.4) is 0 Å². The number of aliphatic carboxylic acids is 1. The molecule has 0 radical (unpaired) electrons. The van der Waals surface area contributed by atoms with Crippen LogP contribution in [0.15, 0.2) is 35.2 Å². The summed E-state index contributed by atoms with van der Waals surface area (Å²) in [4.78, 5) is 10.5. The van der Waals surface area contributed by atoms with E-state index in [1.807, 2.05) is 0 Å². The van der Waals surface area contributed by atoms with E-state index < -0.39 is 49.5 Å². The van der Waals surface area contributed by atoms with E-state index in [0.717, 1.165) is 18.2 Å². The third-order valence-electron chi connectivity index (χ3n) is 3.14. The summed E-state index contributed by atoms with van der Waals surface area (Å²) in [6.07, 6.45) is -0.664. The molecule has 0 saturated carbocycles. The summed E-state index contributed by atoms with van der Waals surface area (Å²) in [6.45, 7) is 0. The number of phenols is 1. The van der Waals surface area contributed by atoms with E-state index in [1.54, 1.807) is 0 Å². The van der Waals surface area contributed by atoms with E-state index in [-0.39, 0.29) is 16.1 Å². The lowest BCUT2D eigenvalue weighted by Crippen LogP contribution is -2.12. The molecule has 0 unspecified atom stereocenters. The summed E-state index contributed by atoms with van der Waals surface area (Å²) in [5, 5.41) is 17.8. The molecule has 2 N–H and O–H groups in total. The van der Waals surface area contributed by atoms with Crippen LogP contribution in [0.25, 0.3) is 0 Å². The van der Waals surface area contributed by atoms with Gasteiger partial charge in [-0.2, -0.15) is 0 Å². The Bertz CT molecular complexity index is 895. The topological polar surface area (TPSA) is 91.7 Å². The van der Waals surface area contributed by atoms with Crippen molar-refractivity contribution in [1.82, 2.24) is 0 Å². The first-order valence-corrected chi connectivity index (χ1v) is 8.91. The number of halogens is 3. The van der Waals surface area contributed by atoms with Crippen molar-refractivity contribution >= 4 is 39.0 Å². The van der Waals surface area contributed by atoms with Gasteiger partial charge in [0.15, 0.2) is 9.84 Å². The molecule has 0 heterocycles. The second-order valence-electron chi connectivity index (χ2n) is 4.97. The second-order valence-corrected chi connectivity index (χ2v) is 7.65. The maximum atomic E-state index is 12.9. The molecular weight excluding hydrogens is 382 g/mol. The van der Waals surface area contributed by atoms with Crippen LogP contribution >= 0.6 is 23.2 Å². The van der Waals surface area contributed by atoms with Crippen LogP contribution < -0.4 is 0 Å². The highest BCUT2D eigenvalue weighted by atomic mass is 35.5. The number of benzene rings is 2. The number of sulfone groups is 1. The van der Waals surface area contributed by atoms with E-state index in [1.165, 1.54) is 12.1 Å². The number of carbonyl (C=O) groups is 1. The Morgan fingerprint density at radius 1 is 1.12 bits per heavy atom. The third kappa shape index (κ3) is 3.98. The first-order chi connectivity index (χ1) is 11.1. The number of phenolic OH excluding ortho intramolecular Hbond substituents is 1. The average Bonchev–Trinajstić information content (AvgIpc) is 2.46. The Morgan fingerprint density at radius 2 is 1.71 bits per heavy atom. The Balaban J connectivity index is 2.57. The van der Waals surface area contributed by atoms with Crippen molar-refractivity contribution in [1.29, 1.82) is 0 Å². The van der Waals surface area contributed by atoms with Gasteiger partial charge in [0.25, 0.3) is 0 Å². The maximum absolute atomic E-state index is 12.9. The molecular formula is C15H11Cl2FO5S. The highest BCUT2D eigenvalue weighted by Crippen LogP contribution is 2.40. The van der Waals surface area contributed by atoms with Crippen LogP contribution in [0.4, 0.5) is 4.39 Å². The molecule has 2 aromatic rings. The Hall–Kier alpha value is -1.83. The molecule has 0 fully saturated rings. The SMILES string of the molecule is O=C(O)Cc1cc(O)c(Cl)c(Cl)c1S(=O)(=O)Cc1ccc(F)cc1. The Morgan fingerprint density at radius 3 is 2.25 bits per heavy atom. The Kier molecular flexibility index (Phi) is 5.37. The molecule has 2 aromatic carbocycles. The van der Waals surface area contributed by atoms with Crippen LogP contribution in [0.5, 0.6) is 5.75 Å². The van der Waals surface area contributed by atoms with Crippen molar-refractivity contribution in [2.45, 2.75) is 17.1 Å². The minimum Gasteiger partial charge on any atom is -0.506 e. The molecule has 0 bridgehead atoms. The second kappa shape index (κ2) is 6.96. The number of hydrogen-bond donors (Lipinski definition) is 2. The third-order valence-corrected chi connectivity index (χ3v) is 5.91. The highest BCUT2D eigenvalue weighted by Gasteiger charge is 2.27. The predicted molar refractivity (Wildman–Crippen MR) is 86.8 cm³/mol. The lowest BCUT2D eigenvalue weighted by atomic mass is 10.1. The molecule has 0 aromatic heterocycles. The number of hydrogen-bond acceptors (Lipinski definition) is 4. The van der Waals surface area contributed by atoms with Crippen molar-refractivity contribution in [3.63, 3.8) is 0 Å². The standard InChI is InChI=1S/C15H11Cl2FO5S/c16-13-11(19)5-9(6-12(20)21)15(14(13)17)24(22,23)7-8-1-3-10(18)4-2-8/h1-5,19H,6-7H2,(H,20,21). The molecule has 5 nitrogen and oxygen atoms in total. The van der Waals surface area contributed by atoms with Crippen LogP contribution in [0.2, 0.25) is 10.0 Å². The fraction of sp³-hybridized carbons (Fsp3) is 0.133. The molecule has 0 atom stereocenters. The fourth-order valence-corrected chi connectivity index (χ4v) is 4.61. The van der Waals surface area contributed by atoms with Gasteiger partial charge in [0.1, 0.15) is 16.6 Å². The smallest absolute Gasteiger partial charge is 0.307 e. The summed E-state index contributed by atoms with van der Waals surface area (Å²) >= 11 is 11.7. The first kappa shape index (κ1) is 18.5. The first-order valence-electron chi connectivity index (χ1n) is 6.50. The number of carboxylic acids is 1. The number of carboxylic acid groups (broad SMARTS) is 1. The van der Waals surface area contributed by atoms with Gasteiger partial charge in [-0.15, -0.1) is 0 Å². The Labute approximate surface area is 147 Å². The van der Waals surface area contributed by atoms with Gasteiger partial charge >= 0.3 is 5.97 Å². The molecule has 0 spiro atoms. The summed E-state index contributed by atoms with van der Waals surface area (Å²) < 4.78 is 38.3. The summed E-state index contributed by atoms with van der Waals surface area (Å²) in [6, 6.07) is 5.75. The van der Waals surface area contributed by atoms with Crippen molar-refractivity contribution in [3.05, 3.63) is 57.3 Å². The molecule has 0 saturated heterocycles. The monoisotopic (exact) mass is 392 g/mol. The zero-order chi connectivity index (χ0) is 18.1. The molecule has 9 heteroatoms. The quantitative estimate of drug-likeness (QED) is 0.812. The summed E-state index contributed by atoms with van der Waals surface area (Å²) in [7, 11) is -4.09. The van der Waals surface area contributed by atoms with E-state index >= 15 is 0 Å². The van der Waals surface area contributed by atoms with Gasteiger partial charge in [-0.05, 0) is 29.3 Å². The summed E-state index contributed by atoms with van der Waals surface area (Å²) in [5.41, 5.74) is 0.106. The van der Waals surface area contributed by atoms with E-state index in [2.05, 4.69) is 0 Å². The van der Waals surface area contributed by atoms with Gasteiger partial charge in [-0.25, -0.2) is 12.8 Å². The van der Waals surface area contributed by atoms with Gasteiger partial charge < -0.3 is 10.2 Å².